The van der Waals surface area contributed by atoms with Gasteiger partial charge in [-0.25, -0.2) is 0 Å². The van der Waals surface area contributed by atoms with Crippen LogP contribution in [0.4, 0.5) is 0 Å². The van der Waals surface area contributed by atoms with Gasteiger partial charge in [0.05, 0.1) is 0 Å². The lowest BCUT2D eigenvalue weighted by molar-refractivity contribution is -0.116. The summed E-state index contributed by atoms with van der Waals surface area (Å²) in [5.74, 6) is 1.45. The van der Waals surface area contributed by atoms with Gasteiger partial charge in [-0.2, -0.15) is 0 Å². The number of allylic oxidation sites excluding steroid dienone is 2. The van der Waals surface area contributed by atoms with E-state index in [1.165, 1.54) is 5.92 Å². The van der Waals surface area contributed by atoms with Gasteiger partial charge in [0, 0.05) is 6.42 Å². The molecule has 51 valence electrons. The van der Waals surface area contributed by atoms with Crippen molar-refractivity contribution in [3.05, 3.63) is 18.1 Å². The molecule has 0 aromatic carbocycles. The molecule has 1 radical (unpaired) electrons. The highest BCUT2D eigenvalue weighted by atomic mass is 16.1. The molecule has 0 aliphatic heterocycles. The maximum atomic E-state index is 10.4. The lowest BCUT2D eigenvalue weighted by Crippen LogP contribution is -1.84. The molecule has 0 atom stereocenters. The highest BCUT2D eigenvalue weighted by Gasteiger charge is 1.87. The molecule has 1 heteroatoms. The fourth-order valence-electron chi connectivity index (χ4n) is 0.461. The Morgan fingerprint density at radius 3 is 2.22 bits per heavy atom. The van der Waals surface area contributed by atoms with Crippen LogP contribution in [0.2, 0.25) is 0 Å². The van der Waals surface area contributed by atoms with E-state index in [2.05, 4.69) is 0 Å². The first kappa shape index (κ1) is 8.41. The third kappa shape index (κ3) is 7.41. The molecular formula is C8H13O. The average molecular weight is 125 g/mol. The molecule has 0 aliphatic carbocycles. The standard InChI is InChI=1S/C8H13O/c1-7(2)5-4-6-8(3)9/h4-5H,6H2,1-3H3. The van der Waals surface area contributed by atoms with Crippen LogP contribution in [0, 0.1) is 5.92 Å². The molecule has 0 fully saturated rings. The number of carbonyl (C=O) groups excluding carboxylic acids is 1. The minimum atomic E-state index is 0.215. The van der Waals surface area contributed by atoms with Crippen LogP contribution in [-0.2, 0) is 4.79 Å². The summed E-state index contributed by atoms with van der Waals surface area (Å²) < 4.78 is 0. The SMILES string of the molecule is C[C](C)C=CCC(C)=O. The van der Waals surface area contributed by atoms with Crippen LogP contribution in [0.25, 0.3) is 0 Å². The lowest BCUT2D eigenvalue weighted by atomic mass is 10.2. The van der Waals surface area contributed by atoms with E-state index in [9.17, 15) is 4.79 Å². The summed E-state index contributed by atoms with van der Waals surface area (Å²) in [5.41, 5.74) is 0. The molecule has 0 rings (SSSR count). The van der Waals surface area contributed by atoms with Gasteiger partial charge >= 0.3 is 0 Å². The molecule has 1 nitrogen and oxygen atoms in total. The summed E-state index contributed by atoms with van der Waals surface area (Å²) in [6, 6.07) is 0. The Kier molecular flexibility index (Phi) is 4.02. The van der Waals surface area contributed by atoms with Crippen LogP contribution in [0.1, 0.15) is 27.2 Å². The molecule has 0 aromatic rings. The van der Waals surface area contributed by atoms with Gasteiger partial charge in [0.15, 0.2) is 0 Å². The first-order valence-electron chi connectivity index (χ1n) is 3.09. The van der Waals surface area contributed by atoms with Crippen LogP contribution >= 0.6 is 0 Å². The zero-order valence-corrected chi connectivity index (χ0v) is 6.27. The van der Waals surface area contributed by atoms with Crippen LogP contribution in [0.3, 0.4) is 0 Å². The second kappa shape index (κ2) is 4.30. The molecule has 0 bridgehead atoms. The summed E-state index contributed by atoms with van der Waals surface area (Å²) in [6.45, 7) is 5.61. The summed E-state index contributed by atoms with van der Waals surface area (Å²) in [4.78, 5) is 10.4. The molecule has 0 N–H and O–H groups in total. The van der Waals surface area contributed by atoms with E-state index in [4.69, 9.17) is 0 Å². The Morgan fingerprint density at radius 1 is 1.33 bits per heavy atom. The fraction of sp³-hybridized carbons (Fsp3) is 0.500. The Balaban J connectivity index is 3.36. The zero-order valence-electron chi connectivity index (χ0n) is 6.27. The summed E-state index contributed by atoms with van der Waals surface area (Å²) >= 11 is 0. The summed E-state index contributed by atoms with van der Waals surface area (Å²) in [7, 11) is 0. The zero-order chi connectivity index (χ0) is 7.28. The number of hydrogen-bond acceptors (Lipinski definition) is 1. The van der Waals surface area contributed by atoms with Crippen molar-refractivity contribution >= 4 is 5.78 Å². The van der Waals surface area contributed by atoms with Crippen molar-refractivity contribution < 1.29 is 4.79 Å². The van der Waals surface area contributed by atoms with E-state index in [-0.39, 0.29) is 5.78 Å². The van der Waals surface area contributed by atoms with Gasteiger partial charge in [-0.05, 0) is 12.8 Å². The Morgan fingerprint density at radius 2 is 1.89 bits per heavy atom. The van der Waals surface area contributed by atoms with Crippen LogP contribution in [0.15, 0.2) is 12.2 Å². The molecule has 0 unspecified atom stereocenters. The van der Waals surface area contributed by atoms with Crippen molar-refractivity contribution in [3.63, 3.8) is 0 Å². The van der Waals surface area contributed by atoms with Crippen molar-refractivity contribution in [1.82, 2.24) is 0 Å². The van der Waals surface area contributed by atoms with Crippen molar-refractivity contribution in [2.75, 3.05) is 0 Å². The molecule has 0 aliphatic rings. The fourth-order valence-corrected chi connectivity index (χ4v) is 0.461. The van der Waals surface area contributed by atoms with Crippen molar-refractivity contribution in [2.45, 2.75) is 27.2 Å². The average Bonchev–Trinajstić information content (AvgIpc) is 1.63. The van der Waals surface area contributed by atoms with E-state index in [1.807, 2.05) is 26.0 Å². The van der Waals surface area contributed by atoms with Gasteiger partial charge in [0.2, 0.25) is 0 Å². The largest absolute Gasteiger partial charge is 0.300 e. The first-order valence-corrected chi connectivity index (χ1v) is 3.09. The van der Waals surface area contributed by atoms with Crippen molar-refractivity contribution in [3.8, 4) is 0 Å². The summed E-state index contributed by atoms with van der Waals surface area (Å²) in [6.07, 6.45) is 4.41. The normalized spacial score (nSPS) is 11.1. The van der Waals surface area contributed by atoms with E-state index < -0.39 is 0 Å². The highest BCUT2D eigenvalue weighted by Crippen LogP contribution is 1.97. The predicted octanol–water partition coefficient (Wildman–Crippen LogP) is 2.14. The van der Waals surface area contributed by atoms with Crippen LogP contribution in [-0.4, -0.2) is 5.78 Å². The number of carbonyl (C=O) groups is 1. The second-order valence-electron chi connectivity index (χ2n) is 2.39. The molecule has 0 aromatic heterocycles. The highest BCUT2D eigenvalue weighted by molar-refractivity contribution is 5.77. The van der Waals surface area contributed by atoms with Gasteiger partial charge in [0.1, 0.15) is 5.78 Å². The molecule has 0 saturated carbocycles. The van der Waals surface area contributed by atoms with Crippen LogP contribution < -0.4 is 0 Å². The van der Waals surface area contributed by atoms with E-state index in [0.717, 1.165) is 0 Å². The number of rotatable bonds is 3. The van der Waals surface area contributed by atoms with Gasteiger partial charge in [-0.3, -0.25) is 4.79 Å². The molecule has 0 amide bonds. The topological polar surface area (TPSA) is 17.1 Å². The van der Waals surface area contributed by atoms with Gasteiger partial charge in [0.25, 0.3) is 0 Å². The second-order valence-corrected chi connectivity index (χ2v) is 2.39. The van der Waals surface area contributed by atoms with Crippen LogP contribution in [0.5, 0.6) is 0 Å². The maximum Gasteiger partial charge on any atom is 0.133 e. The van der Waals surface area contributed by atoms with Gasteiger partial charge in [-0.15, -0.1) is 0 Å². The van der Waals surface area contributed by atoms with Gasteiger partial charge < -0.3 is 0 Å². The Bertz CT molecular complexity index is 112. The molecule has 0 spiro atoms. The van der Waals surface area contributed by atoms with Crippen molar-refractivity contribution in [2.24, 2.45) is 0 Å². The number of hydrogen-bond donors (Lipinski definition) is 0. The predicted molar refractivity (Wildman–Crippen MR) is 39.0 cm³/mol. The number of Topliss-reactive ketones (excluding diaryl/α,β-unsaturated/α-hetero) is 1. The van der Waals surface area contributed by atoms with E-state index in [0.29, 0.717) is 6.42 Å². The van der Waals surface area contributed by atoms with Gasteiger partial charge in [-0.1, -0.05) is 26.0 Å². The third-order valence-corrected chi connectivity index (χ3v) is 0.856. The minimum Gasteiger partial charge on any atom is -0.300 e. The monoisotopic (exact) mass is 125 g/mol. The lowest BCUT2D eigenvalue weighted by Gasteiger charge is -1.89. The quantitative estimate of drug-likeness (QED) is 0.564. The van der Waals surface area contributed by atoms with E-state index >= 15 is 0 Å². The number of ketones is 1. The molecule has 0 saturated heterocycles. The molecule has 0 heterocycles. The molecular weight excluding hydrogens is 112 g/mol. The Labute approximate surface area is 56.8 Å². The van der Waals surface area contributed by atoms with Crippen molar-refractivity contribution in [1.29, 1.82) is 0 Å². The molecule has 9 heavy (non-hydrogen) atoms. The minimum absolute atomic E-state index is 0.215. The third-order valence-electron chi connectivity index (χ3n) is 0.856. The smallest absolute Gasteiger partial charge is 0.133 e. The summed E-state index contributed by atoms with van der Waals surface area (Å²) in [5, 5.41) is 0. The Hall–Kier alpha value is -0.590. The first-order chi connectivity index (χ1) is 4.13. The van der Waals surface area contributed by atoms with E-state index in [1.54, 1.807) is 6.92 Å². The maximum absolute atomic E-state index is 10.4.